The molecule has 432 valence electrons. The number of ether oxygens (including phenoxy) is 2. The second kappa shape index (κ2) is 59.7. The summed E-state index contributed by atoms with van der Waals surface area (Å²) in [6, 6.07) is 0. The third-order valence-corrected chi connectivity index (χ3v) is 15.3. The van der Waals surface area contributed by atoms with Gasteiger partial charge in [0.25, 0.3) is 0 Å². The van der Waals surface area contributed by atoms with Crippen molar-refractivity contribution < 1.29 is 37.6 Å². The Bertz CT molecular complexity index is 1250. The molecule has 0 bridgehead atoms. The Morgan fingerprint density at radius 3 is 1.04 bits per heavy atom. The van der Waals surface area contributed by atoms with Crippen molar-refractivity contribution in [2.45, 2.75) is 341 Å². The van der Waals surface area contributed by atoms with Crippen LogP contribution >= 0.6 is 7.82 Å². The van der Waals surface area contributed by atoms with E-state index in [0.717, 1.165) is 51.4 Å². The molecule has 73 heavy (non-hydrogen) atoms. The van der Waals surface area contributed by atoms with E-state index < -0.39 is 26.5 Å². The van der Waals surface area contributed by atoms with Crippen LogP contribution in [0.3, 0.4) is 0 Å². The molecule has 0 aliphatic heterocycles. The minimum atomic E-state index is -4.39. The molecule has 10 heteroatoms. The van der Waals surface area contributed by atoms with Crippen molar-refractivity contribution in [1.82, 2.24) is 0 Å². The first-order chi connectivity index (χ1) is 35.8. The highest BCUT2D eigenvalue weighted by Crippen LogP contribution is 2.43. The first kappa shape index (κ1) is 71.5. The van der Waals surface area contributed by atoms with Crippen LogP contribution in [0.25, 0.3) is 0 Å². The summed E-state index contributed by atoms with van der Waals surface area (Å²) in [6.45, 7) is 3.79. The van der Waals surface area contributed by atoms with Crippen LogP contribution in [0.1, 0.15) is 335 Å². The second-order valence-corrected chi connectivity index (χ2v) is 23.1. The Hall–Kier alpha value is -1.51. The number of hydrogen-bond donors (Lipinski definition) is 2. The molecule has 0 aliphatic carbocycles. The molecule has 0 spiro atoms. The summed E-state index contributed by atoms with van der Waals surface area (Å²) in [4.78, 5) is 35.2. The molecule has 0 rings (SSSR count). The Balaban J connectivity index is 3.85. The zero-order valence-electron chi connectivity index (χ0n) is 48.4. The Labute approximate surface area is 452 Å². The smallest absolute Gasteiger partial charge is 0.462 e. The van der Waals surface area contributed by atoms with Gasteiger partial charge in [-0.05, 0) is 44.9 Å². The van der Waals surface area contributed by atoms with Gasteiger partial charge in [0.15, 0.2) is 6.10 Å². The number of carbonyl (C=O) groups is 2. The minimum absolute atomic E-state index is 0.0549. The van der Waals surface area contributed by atoms with Gasteiger partial charge in [-0.3, -0.25) is 18.6 Å². The van der Waals surface area contributed by atoms with Crippen LogP contribution in [-0.4, -0.2) is 49.3 Å². The lowest BCUT2D eigenvalue weighted by molar-refractivity contribution is -0.161. The van der Waals surface area contributed by atoms with E-state index in [1.54, 1.807) is 0 Å². The summed E-state index contributed by atoms with van der Waals surface area (Å²) in [6.07, 6.45) is 71.2. The zero-order chi connectivity index (χ0) is 53.1. The molecule has 0 radical (unpaired) electrons. The SMILES string of the molecule is CCCCCCC/C=C\C/C=C\CCCCCCCCCCCC(=O)OC(COC(=O)CCCCCCCCCCCCCCCCCCCCCCCCCCCCCCCCC)COP(=O)(O)OCCN. The first-order valence-electron chi connectivity index (χ1n) is 31.8. The number of esters is 2. The molecule has 0 aromatic heterocycles. The molecule has 0 aliphatic rings. The van der Waals surface area contributed by atoms with Crippen LogP contribution in [0.5, 0.6) is 0 Å². The van der Waals surface area contributed by atoms with E-state index >= 15 is 0 Å². The standard InChI is InChI=1S/C63H122NO8P/c1-3-5-7-9-11-13-15-17-19-21-23-25-26-27-28-29-30-31-32-33-34-36-37-39-41-43-45-47-49-51-53-55-62(65)69-59-61(60-71-73(67,68)70-58-57-64)72-63(66)56-54-52-50-48-46-44-42-40-38-35-24-22-20-18-16-14-12-10-8-6-4-2/h16,18,22,24,61H,3-15,17,19-21,23,25-60,64H2,1-2H3,(H,67,68)/b18-16-,24-22-. The zero-order valence-corrected chi connectivity index (χ0v) is 49.3. The van der Waals surface area contributed by atoms with Crippen molar-refractivity contribution >= 4 is 19.8 Å². The first-order valence-corrected chi connectivity index (χ1v) is 33.3. The predicted octanol–water partition coefficient (Wildman–Crippen LogP) is 20.2. The number of hydrogen-bond acceptors (Lipinski definition) is 8. The summed E-state index contributed by atoms with van der Waals surface area (Å²) < 4.78 is 33.1. The highest BCUT2D eigenvalue weighted by Gasteiger charge is 2.26. The average molecular weight is 1050 g/mol. The number of phosphoric ester groups is 1. The second-order valence-electron chi connectivity index (χ2n) is 21.6. The van der Waals surface area contributed by atoms with Crippen LogP contribution in [0.2, 0.25) is 0 Å². The van der Waals surface area contributed by atoms with Crippen molar-refractivity contribution in [2.24, 2.45) is 5.73 Å². The maximum absolute atomic E-state index is 12.7. The van der Waals surface area contributed by atoms with Crippen LogP contribution in [0, 0.1) is 0 Å². The molecule has 2 atom stereocenters. The summed E-state index contributed by atoms with van der Waals surface area (Å²) in [5.74, 6) is -0.814. The third kappa shape index (κ3) is 59.6. The summed E-state index contributed by atoms with van der Waals surface area (Å²) in [7, 11) is -4.39. The van der Waals surface area contributed by atoms with Gasteiger partial charge in [0.1, 0.15) is 6.61 Å². The van der Waals surface area contributed by atoms with Gasteiger partial charge < -0.3 is 20.1 Å². The minimum Gasteiger partial charge on any atom is -0.462 e. The number of carbonyl (C=O) groups excluding carboxylic acids is 2. The predicted molar refractivity (Wildman–Crippen MR) is 312 cm³/mol. The topological polar surface area (TPSA) is 134 Å². The van der Waals surface area contributed by atoms with Crippen LogP contribution in [-0.2, 0) is 32.7 Å². The van der Waals surface area contributed by atoms with E-state index in [2.05, 4.69) is 38.2 Å². The fourth-order valence-corrected chi connectivity index (χ4v) is 10.4. The van der Waals surface area contributed by atoms with Crippen LogP contribution in [0.15, 0.2) is 24.3 Å². The van der Waals surface area contributed by atoms with E-state index in [1.165, 1.54) is 250 Å². The molecule has 3 N–H and O–H groups in total. The van der Waals surface area contributed by atoms with Crippen molar-refractivity contribution in [3.63, 3.8) is 0 Å². The molecule has 0 amide bonds. The highest BCUT2D eigenvalue weighted by atomic mass is 31.2. The summed E-state index contributed by atoms with van der Waals surface area (Å²) in [5.41, 5.74) is 5.39. The quantitative estimate of drug-likeness (QED) is 0.0264. The van der Waals surface area contributed by atoms with Crippen LogP contribution in [0.4, 0.5) is 0 Å². The van der Waals surface area contributed by atoms with Gasteiger partial charge in [0, 0.05) is 19.4 Å². The Morgan fingerprint density at radius 2 is 0.712 bits per heavy atom. The molecular weight excluding hydrogens is 930 g/mol. The van der Waals surface area contributed by atoms with Crippen LogP contribution < -0.4 is 5.73 Å². The molecule has 0 aromatic rings. The number of nitrogens with two attached hydrogens (primary N) is 1. The number of rotatable bonds is 61. The van der Waals surface area contributed by atoms with Gasteiger partial charge in [-0.15, -0.1) is 0 Å². The van der Waals surface area contributed by atoms with Gasteiger partial charge in [-0.25, -0.2) is 4.57 Å². The van der Waals surface area contributed by atoms with Gasteiger partial charge in [-0.2, -0.15) is 0 Å². The summed E-state index contributed by atoms with van der Waals surface area (Å²) >= 11 is 0. The van der Waals surface area contributed by atoms with Crippen molar-refractivity contribution in [2.75, 3.05) is 26.4 Å². The molecular formula is C63H122NO8P. The van der Waals surface area contributed by atoms with Gasteiger partial charge in [-0.1, -0.05) is 301 Å². The highest BCUT2D eigenvalue weighted by molar-refractivity contribution is 7.47. The maximum atomic E-state index is 12.7. The molecule has 0 fully saturated rings. The van der Waals surface area contributed by atoms with E-state index in [-0.39, 0.29) is 38.6 Å². The van der Waals surface area contributed by atoms with Gasteiger partial charge in [0.2, 0.25) is 0 Å². The molecule has 9 nitrogen and oxygen atoms in total. The Kier molecular flexibility index (Phi) is 58.5. The molecule has 0 saturated carbocycles. The number of allylic oxidation sites excluding steroid dienone is 4. The number of unbranched alkanes of at least 4 members (excludes halogenated alkanes) is 44. The Morgan fingerprint density at radius 1 is 0.411 bits per heavy atom. The number of phosphoric acid groups is 1. The normalized spacial score (nSPS) is 13.1. The van der Waals surface area contributed by atoms with Crippen molar-refractivity contribution in [1.29, 1.82) is 0 Å². The van der Waals surface area contributed by atoms with Crippen molar-refractivity contribution in [3.05, 3.63) is 24.3 Å². The van der Waals surface area contributed by atoms with E-state index in [1.807, 2.05) is 0 Å². The largest absolute Gasteiger partial charge is 0.472 e. The summed E-state index contributed by atoms with van der Waals surface area (Å²) in [5, 5.41) is 0. The molecule has 0 aromatic carbocycles. The molecule has 0 saturated heterocycles. The lowest BCUT2D eigenvalue weighted by atomic mass is 10.0. The van der Waals surface area contributed by atoms with Gasteiger partial charge in [0.05, 0.1) is 13.2 Å². The lowest BCUT2D eigenvalue weighted by Gasteiger charge is -2.19. The van der Waals surface area contributed by atoms with E-state index in [4.69, 9.17) is 24.3 Å². The van der Waals surface area contributed by atoms with Gasteiger partial charge >= 0.3 is 19.8 Å². The average Bonchev–Trinajstić information content (AvgIpc) is 3.38. The van der Waals surface area contributed by atoms with E-state index in [9.17, 15) is 19.0 Å². The lowest BCUT2D eigenvalue weighted by Crippen LogP contribution is -2.29. The third-order valence-electron chi connectivity index (χ3n) is 14.3. The monoisotopic (exact) mass is 1050 g/mol. The maximum Gasteiger partial charge on any atom is 0.472 e. The fourth-order valence-electron chi connectivity index (χ4n) is 9.61. The van der Waals surface area contributed by atoms with Crippen molar-refractivity contribution in [3.8, 4) is 0 Å². The molecule has 0 heterocycles. The van der Waals surface area contributed by atoms with E-state index in [0.29, 0.717) is 6.42 Å². The fraction of sp³-hybridized carbons (Fsp3) is 0.905. The molecule has 2 unspecified atom stereocenters.